The number of halogens is 3. The fraction of sp³-hybridized carbons (Fsp3) is 0.625. The van der Waals surface area contributed by atoms with Crippen LogP contribution in [-0.2, 0) is 11.0 Å². The van der Waals surface area contributed by atoms with Crippen LogP contribution < -0.4 is 4.90 Å². The van der Waals surface area contributed by atoms with E-state index < -0.39 is 11.2 Å². The molecule has 1 atom stereocenters. The molecule has 2 heterocycles. The van der Waals surface area contributed by atoms with Gasteiger partial charge in [0.1, 0.15) is 0 Å². The highest BCUT2D eigenvalue weighted by atomic mass is 32.1. The van der Waals surface area contributed by atoms with Crippen LogP contribution in [0, 0.1) is 5.92 Å². The van der Waals surface area contributed by atoms with E-state index in [1.807, 2.05) is 0 Å². The van der Waals surface area contributed by atoms with Crippen LogP contribution in [0.3, 0.4) is 0 Å². The molecule has 0 aromatic carbocycles. The second-order valence-electron chi connectivity index (χ2n) is 3.88. The van der Waals surface area contributed by atoms with Crippen LogP contribution in [0.2, 0.25) is 0 Å². The number of hydrogen-bond donors (Lipinski definition) is 0. The van der Waals surface area contributed by atoms with E-state index in [1.165, 1.54) is 0 Å². The molecule has 1 aliphatic heterocycles. The molecule has 1 saturated heterocycles. The number of carbonyl (C=O) groups excluding carboxylic acids is 1. The number of hydrogen-bond acceptors (Lipinski definition) is 5. The summed E-state index contributed by atoms with van der Waals surface area (Å²) < 4.78 is 37.1. The van der Waals surface area contributed by atoms with E-state index in [0.29, 0.717) is 11.3 Å². The fourth-order valence-corrected chi connectivity index (χ4v) is 2.42. The molecule has 1 aliphatic rings. The normalized spacial score (nSPS) is 19.6. The minimum atomic E-state index is -4.57. The highest BCUT2D eigenvalue weighted by Crippen LogP contribution is 2.36. The lowest BCUT2D eigenvalue weighted by Crippen LogP contribution is -2.24. The van der Waals surface area contributed by atoms with Crippen molar-refractivity contribution in [3.8, 4) is 0 Å². The van der Waals surface area contributed by atoms with E-state index >= 15 is 0 Å². The maximum atomic E-state index is 12.4. The zero-order chi connectivity index (χ0) is 14.0. The largest absolute Gasteiger partial charge is 0.445 e. The van der Waals surface area contributed by atoms with Crippen LogP contribution in [0.4, 0.5) is 18.3 Å². The summed E-state index contributed by atoms with van der Waals surface area (Å²) in [6, 6.07) is 0. The van der Waals surface area contributed by atoms with E-state index in [2.05, 4.69) is 20.2 Å². The second-order valence-corrected chi connectivity index (χ2v) is 4.83. The van der Waals surface area contributed by atoms with E-state index in [-0.39, 0.29) is 36.5 Å². The van der Waals surface area contributed by atoms with Gasteiger partial charge in [0.15, 0.2) is 0 Å². The molecule has 1 amide bonds. The minimum absolute atomic E-state index is 0.0826. The molecule has 19 heavy (non-hydrogen) atoms. The molecule has 1 aromatic rings. The Morgan fingerprint density at radius 3 is 2.84 bits per heavy atom. The Labute approximate surface area is 108 Å². The Bertz CT molecular complexity index is 537. The van der Waals surface area contributed by atoms with Gasteiger partial charge in [-0.25, -0.2) is 0 Å². The Morgan fingerprint density at radius 1 is 1.53 bits per heavy atom. The SMILES string of the molecule is [N-]=[N+]=NCC1CC(=O)N(c2nnc(C(F)(F)F)s2)C1. The highest BCUT2D eigenvalue weighted by Gasteiger charge is 2.38. The maximum absolute atomic E-state index is 12.4. The predicted molar refractivity (Wildman–Crippen MR) is 59.4 cm³/mol. The average Bonchev–Trinajstić information content (AvgIpc) is 2.91. The van der Waals surface area contributed by atoms with E-state index in [9.17, 15) is 18.0 Å². The first-order valence-electron chi connectivity index (χ1n) is 5.13. The van der Waals surface area contributed by atoms with E-state index in [4.69, 9.17) is 5.53 Å². The summed E-state index contributed by atoms with van der Waals surface area (Å²) in [6.07, 6.45) is -4.44. The summed E-state index contributed by atoms with van der Waals surface area (Å²) >= 11 is 0.321. The monoisotopic (exact) mass is 292 g/mol. The third-order valence-corrected chi connectivity index (χ3v) is 3.49. The third kappa shape index (κ3) is 2.93. The van der Waals surface area contributed by atoms with Gasteiger partial charge >= 0.3 is 6.18 Å². The third-order valence-electron chi connectivity index (χ3n) is 2.50. The van der Waals surface area contributed by atoms with Crippen LogP contribution in [0.15, 0.2) is 5.11 Å². The fourth-order valence-electron chi connectivity index (χ4n) is 1.68. The van der Waals surface area contributed by atoms with Gasteiger partial charge in [0.05, 0.1) is 0 Å². The summed E-state index contributed by atoms with van der Waals surface area (Å²) in [7, 11) is 0. The summed E-state index contributed by atoms with van der Waals surface area (Å²) in [5.74, 6) is -0.551. The molecule has 11 heteroatoms. The number of aromatic nitrogens is 2. The molecule has 1 fully saturated rings. The Hall–Kier alpha value is -1.87. The number of alkyl halides is 3. The number of amides is 1. The minimum Gasteiger partial charge on any atom is -0.286 e. The van der Waals surface area contributed by atoms with Crippen LogP contribution in [0.5, 0.6) is 0 Å². The summed E-state index contributed by atoms with van der Waals surface area (Å²) in [5.41, 5.74) is 8.18. The molecular weight excluding hydrogens is 285 g/mol. The zero-order valence-electron chi connectivity index (χ0n) is 9.33. The second kappa shape index (κ2) is 5.02. The van der Waals surface area contributed by atoms with Crippen molar-refractivity contribution in [3.63, 3.8) is 0 Å². The maximum Gasteiger partial charge on any atom is 0.445 e. The van der Waals surface area contributed by atoms with Crippen molar-refractivity contribution in [1.82, 2.24) is 10.2 Å². The lowest BCUT2D eigenvalue weighted by Gasteiger charge is -2.11. The van der Waals surface area contributed by atoms with Gasteiger partial charge in [-0.1, -0.05) is 16.5 Å². The Kier molecular flexibility index (Phi) is 3.58. The van der Waals surface area contributed by atoms with Crippen molar-refractivity contribution >= 4 is 22.4 Å². The van der Waals surface area contributed by atoms with Crippen LogP contribution in [0.1, 0.15) is 11.4 Å². The molecule has 0 aliphatic carbocycles. The van der Waals surface area contributed by atoms with Crippen molar-refractivity contribution in [2.24, 2.45) is 11.0 Å². The lowest BCUT2D eigenvalue weighted by molar-refractivity contribution is -0.138. The van der Waals surface area contributed by atoms with Crippen molar-refractivity contribution in [2.45, 2.75) is 12.6 Å². The molecular formula is C8H7F3N6OS. The van der Waals surface area contributed by atoms with Gasteiger partial charge in [-0.3, -0.25) is 9.69 Å². The van der Waals surface area contributed by atoms with Gasteiger partial charge in [0, 0.05) is 24.4 Å². The molecule has 0 spiro atoms. The topological polar surface area (TPSA) is 94.9 Å². The van der Waals surface area contributed by atoms with Crippen LogP contribution >= 0.6 is 11.3 Å². The molecule has 1 unspecified atom stereocenters. The number of anilines is 1. The Balaban J connectivity index is 2.12. The zero-order valence-corrected chi connectivity index (χ0v) is 10.1. The summed E-state index contributed by atoms with van der Waals surface area (Å²) in [5, 5.41) is 8.58. The van der Waals surface area contributed by atoms with Crippen molar-refractivity contribution < 1.29 is 18.0 Å². The number of rotatable bonds is 3. The molecule has 1 aromatic heterocycles. The first-order valence-corrected chi connectivity index (χ1v) is 5.95. The molecule has 0 radical (unpaired) electrons. The van der Waals surface area contributed by atoms with E-state index in [0.717, 1.165) is 4.90 Å². The number of azide groups is 1. The molecule has 0 saturated carbocycles. The van der Waals surface area contributed by atoms with Gasteiger partial charge in [-0.15, -0.1) is 10.2 Å². The van der Waals surface area contributed by atoms with Crippen molar-refractivity contribution in [1.29, 1.82) is 0 Å². The Morgan fingerprint density at radius 2 is 2.26 bits per heavy atom. The lowest BCUT2D eigenvalue weighted by atomic mass is 10.1. The number of carbonyl (C=O) groups is 1. The van der Waals surface area contributed by atoms with Crippen molar-refractivity contribution in [2.75, 3.05) is 18.0 Å². The molecule has 102 valence electrons. The van der Waals surface area contributed by atoms with Gasteiger partial charge in [-0.05, 0) is 11.4 Å². The first kappa shape index (κ1) is 13.6. The smallest absolute Gasteiger partial charge is 0.286 e. The van der Waals surface area contributed by atoms with Crippen LogP contribution in [-0.4, -0.2) is 29.2 Å². The first-order chi connectivity index (χ1) is 8.91. The quantitative estimate of drug-likeness (QED) is 0.485. The molecule has 2 rings (SSSR count). The van der Waals surface area contributed by atoms with Gasteiger partial charge in [0.2, 0.25) is 16.0 Å². The van der Waals surface area contributed by atoms with Crippen LogP contribution in [0.25, 0.3) is 10.4 Å². The standard InChI is InChI=1S/C8H7F3N6OS/c9-8(10,11)6-14-15-7(19-6)17-3-4(1-5(17)18)2-13-16-12/h4H,1-3H2. The van der Waals surface area contributed by atoms with Gasteiger partial charge in [0.25, 0.3) is 0 Å². The molecule has 0 bridgehead atoms. The number of nitrogens with zero attached hydrogens (tertiary/aromatic N) is 6. The average molecular weight is 292 g/mol. The van der Waals surface area contributed by atoms with Crippen molar-refractivity contribution in [3.05, 3.63) is 15.5 Å². The summed E-state index contributed by atoms with van der Waals surface area (Å²) in [4.78, 5) is 15.4. The summed E-state index contributed by atoms with van der Waals surface area (Å²) in [6.45, 7) is 0.314. The molecule has 0 N–H and O–H groups in total. The van der Waals surface area contributed by atoms with Gasteiger partial charge < -0.3 is 0 Å². The van der Waals surface area contributed by atoms with Gasteiger partial charge in [-0.2, -0.15) is 13.2 Å². The van der Waals surface area contributed by atoms with E-state index in [1.54, 1.807) is 0 Å². The molecule has 7 nitrogen and oxygen atoms in total. The highest BCUT2D eigenvalue weighted by molar-refractivity contribution is 7.15. The predicted octanol–water partition coefficient (Wildman–Crippen LogP) is 2.22.